The van der Waals surface area contributed by atoms with E-state index in [9.17, 15) is 19.5 Å². The molecule has 8 nitrogen and oxygen atoms in total. The molecular formula is C20H18BrN3O5. The number of rotatable bonds is 7. The molecule has 0 bridgehead atoms. The predicted molar refractivity (Wildman–Crippen MR) is 110 cm³/mol. The van der Waals surface area contributed by atoms with Crippen molar-refractivity contribution in [2.75, 3.05) is 6.54 Å². The third-order valence-electron chi connectivity index (χ3n) is 4.13. The average molecular weight is 460 g/mol. The van der Waals surface area contributed by atoms with Crippen LogP contribution >= 0.6 is 15.9 Å². The monoisotopic (exact) mass is 459 g/mol. The van der Waals surface area contributed by atoms with Crippen LogP contribution in [0.1, 0.15) is 16.1 Å². The van der Waals surface area contributed by atoms with Crippen LogP contribution in [0.25, 0.3) is 10.9 Å². The Kier molecular flexibility index (Phi) is 6.50. The first kappa shape index (κ1) is 20.4. The lowest BCUT2D eigenvalue weighted by Gasteiger charge is -2.15. The van der Waals surface area contributed by atoms with Gasteiger partial charge in [0, 0.05) is 21.9 Å². The van der Waals surface area contributed by atoms with Crippen molar-refractivity contribution in [2.45, 2.75) is 12.6 Å². The molecular weight excluding hydrogens is 442 g/mol. The van der Waals surface area contributed by atoms with Crippen LogP contribution in [0.4, 0.5) is 4.79 Å². The average Bonchev–Trinajstić information content (AvgIpc) is 3.16. The number of aromatic nitrogens is 1. The molecule has 0 aliphatic heterocycles. The van der Waals surface area contributed by atoms with Crippen LogP contribution in [0, 0.1) is 0 Å². The second kappa shape index (κ2) is 9.24. The molecule has 0 aliphatic rings. The first-order chi connectivity index (χ1) is 13.9. The zero-order valence-electron chi connectivity index (χ0n) is 15.1. The lowest BCUT2D eigenvalue weighted by atomic mass is 10.2. The third-order valence-corrected chi connectivity index (χ3v) is 4.82. The minimum Gasteiger partial charge on any atom is -0.480 e. The van der Waals surface area contributed by atoms with E-state index in [-0.39, 0.29) is 18.8 Å². The number of halogens is 1. The Bertz CT molecular complexity index is 1040. The maximum Gasteiger partial charge on any atom is 0.408 e. The number of aliphatic carboxylic acids is 1. The molecule has 0 spiro atoms. The van der Waals surface area contributed by atoms with E-state index < -0.39 is 24.0 Å². The number of alkyl carbamates (subject to hydrolysis) is 1. The van der Waals surface area contributed by atoms with E-state index in [0.717, 1.165) is 20.9 Å². The predicted octanol–water partition coefficient (Wildman–Crippen LogP) is 3.04. The van der Waals surface area contributed by atoms with Gasteiger partial charge in [0.2, 0.25) is 0 Å². The van der Waals surface area contributed by atoms with Gasteiger partial charge in [-0.3, -0.25) is 4.79 Å². The van der Waals surface area contributed by atoms with Gasteiger partial charge < -0.3 is 25.5 Å². The summed E-state index contributed by atoms with van der Waals surface area (Å²) in [5.41, 5.74) is 1.82. The number of H-pyrrole nitrogens is 1. The maximum absolute atomic E-state index is 12.4. The molecule has 9 heteroatoms. The quantitative estimate of drug-likeness (QED) is 0.432. The smallest absolute Gasteiger partial charge is 0.408 e. The van der Waals surface area contributed by atoms with Crippen LogP contribution < -0.4 is 10.6 Å². The molecule has 2 aromatic carbocycles. The fraction of sp³-hybridized carbons (Fsp3) is 0.150. The van der Waals surface area contributed by atoms with Crippen molar-refractivity contribution in [3.05, 3.63) is 70.3 Å². The molecule has 0 radical (unpaired) electrons. The fourth-order valence-electron chi connectivity index (χ4n) is 2.64. The molecule has 29 heavy (non-hydrogen) atoms. The maximum atomic E-state index is 12.4. The summed E-state index contributed by atoms with van der Waals surface area (Å²) in [6, 6.07) is 14.8. The van der Waals surface area contributed by atoms with E-state index in [0.29, 0.717) is 0 Å². The first-order valence-electron chi connectivity index (χ1n) is 8.69. The van der Waals surface area contributed by atoms with Gasteiger partial charge in [0.15, 0.2) is 0 Å². The van der Waals surface area contributed by atoms with Gasteiger partial charge in [0.05, 0.1) is 0 Å². The summed E-state index contributed by atoms with van der Waals surface area (Å²) in [4.78, 5) is 38.6. The first-order valence-corrected chi connectivity index (χ1v) is 9.49. The summed E-state index contributed by atoms with van der Waals surface area (Å²) in [6.45, 7) is -0.291. The molecule has 0 saturated carbocycles. The molecule has 2 amide bonds. The summed E-state index contributed by atoms with van der Waals surface area (Å²) in [5.74, 6) is -1.78. The van der Waals surface area contributed by atoms with Crippen molar-refractivity contribution in [1.29, 1.82) is 0 Å². The Hall–Kier alpha value is -3.33. The minimum absolute atomic E-state index is 0.00924. The highest BCUT2D eigenvalue weighted by molar-refractivity contribution is 9.10. The van der Waals surface area contributed by atoms with Gasteiger partial charge >= 0.3 is 12.1 Å². The van der Waals surface area contributed by atoms with Gasteiger partial charge in [-0.15, -0.1) is 0 Å². The summed E-state index contributed by atoms with van der Waals surface area (Å²) in [6.07, 6.45) is -0.884. The van der Waals surface area contributed by atoms with Gasteiger partial charge in [-0.05, 0) is 23.8 Å². The number of carbonyl (C=O) groups is 3. The fourth-order valence-corrected chi connectivity index (χ4v) is 3.12. The molecule has 0 aliphatic carbocycles. The van der Waals surface area contributed by atoms with E-state index in [1.807, 2.05) is 24.3 Å². The van der Waals surface area contributed by atoms with E-state index in [1.165, 1.54) is 0 Å². The number of hydrogen-bond acceptors (Lipinski definition) is 4. The van der Waals surface area contributed by atoms with E-state index >= 15 is 0 Å². The van der Waals surface area contributed by atoms with E-state index in [1.54, 1.807) is 30.3 Å². The summed E-state index contributed by atoms with van der Waals surface area (Å²) >= 11 is 3.41. The van der Waals surface area contributed by atoms with Crippen LogP contribution in [0.15, 0.2) is 59.1 Å². The lowest BCUT2D eigenvalue weighted by Crippen LogP contribution is -2.48. The van der Waals surface area contributed by atoms with Gasteiger partial charge in [-0.25, -0.2) is 9.59 Å². The largest absolute Gasteiger partial charge is 0.480 e. The van der Waals surface area contributed by atoms with Gasteiger partial charge in [-0.2, -0.15) is 0 Å². The van der Waals surface area contributed by atoms with Crippen LogP contribution in [0.2, 0.25) is 0 Å². The van der Waals surface area contributed by atoms with Crippen molar-refractivity contribution >= 4 is 44.8 Å². The number of nitrogens with one attached hydrogen (secondary N) is 3. The molecule has 150 valence electrons. The molecule has 1 aromatic heterocycles. The van der Waals surface area contributed by atoms with E-state index in [4.69, 9.17) is 4.74 Å². The normalized spacial score (nSPS) is 11.6. The van der Waals surface area contributed by atoms with Gasteiger partial charge in [-0.1, -0.05) is 52.3 Å². The standard InChI is InChI=1S/C20H18BrN3O5/c21-14-7-4-8-15-13(14)9-16(23-15)18(25)22-10-17(19(26)27)24-20(28)29-11-12-5-2-1-3-6-12/h1-9,17,23H,10-11H2,(H,22,25)(H,24,28)(H,26,27). The molecule has 3 aromatic rings. The van der Waals surface area contributed by atoms with Crippen molar-refractivity contribution < 1.29 is 24.2 Å². The van der Waals surface area contributed by atoms with Crippen molar-refractivity contribution in [2.24, 2.45) is 0 Å². The number of ether oxygens (including phenoxy) is 1. The van der Waals surface area contributed by atoms with Crippen LogP contribution in [-0.2, 0) is 16.1 Å². The zero-order chi connectivity index (χ0) is 20.8. The third kappa shape index (κ3) is 5.35. The van der Waals surface area contributed by atoms with Crippen molar-refractivity contribution in [3.8, 4) is 0 Å². The van der Waals surface area contributed by atoms with Crippen LogP contribution in [0.5, 0.6) is 0 Å². The second-order valence-electron chi connectivity index (χ2n) is 6.19. The number of amides is 2. The van der Waals surface area contributed by atoms with Crippen molar-refractivity contribution in [3.63, 3.8) is 0 Å². The summed E-state index contributed by atoms with van der Waals surface area (Å²) < 4.78 is 5.85. The van der Waals surface area contributed by atoms with Crippen LogP contribution in [-0.4, -0.2) is 40.6 Å². The summed E-state index contributed by atoms with van der Waals surface area (Å²) in [5, 5.41) is 14.9. The van der Waals surface area contributed by atoms with Crippen LogP contribution in [0.3, 0.4) is 0 Å². The molecule has 1 atom stereocenters. The highest BCUT2D eigenvalue weighted by atomic mass is 79.9. The highest BCUT2D eigenvalue weighted by Crippen LogP contribution is 2.24. The molecule has 0 fully saturated rings. The SMILES string of the molecule is O=C(NC(CNC(=O)c1cc2c(Br)cccc2[nH]1)C(=O)O)OCc1ccccc1. The molecule has 4 N–H and O–H groups in total. The Labute approximate surface area is 174 Å². The lowest BCUT2D eigenvalue weighted by molar-refractivity contribution is -0.139. The summed E-state index contributed by atoms with van der Waals surface area (Å²) in [7, 11) is 0. The Balaban J connectivity index is 1.55. The number of carboxylic acids is 1. The van der Waals surface area contributed by atoms with Gasteiger partial charge in [0.1, 0.15) is 18.3 Å². The minimum atomic E-state index is -1.33. The Morgan fingerprint density at radius 2 is 1.86 bits per heavy atom. The number of benzene rings is 2. The number of fused-ring (bicyclic) bond motifs is 1. The molecule has 3 rings (SSSR count). The Morgan fingerprint density at radius 1 is 1.10 bits per heavy atom. The number of hydrogen-bond donors (Lipinski definition) is 4. The van der Waals surface area contributed by atoms with E-state index in [2.05, 4.69) is 31.5 Å². The zero-order valence-corrected chi connectivity index (χ0v) is 16.7. The number of carbonyl (C=O) groups excluding carboxylic acids is 2. The topological polar surface area (TPSA) is 121 Å². The Morgan fingerprint density at radius 3 is 2.55 bits per heavy atom. The number of carboxylic acid groups (broad SMARTS) is 1. The molecule has 0 saturated heterocycles. The molecule has 1 unspecified atom stereocenters. The van der Waals surface area contributed by atoms with Gasteiger partial charge in [0.25, 0.3) is 5.91 Å². The second-order valence-corrected chi connectivity index (χ2v) is 7.05. The highest BCUT2D eigenvalue weighted by Gasteiger charge is 2.22. The molecule has 1 heterocycles. The van der Waals surface area contributed by atoms with Crippen molar-refractivity contribution in [1.82, 2.24) is 15.6 Å². The number of aromatic amines is 1.